The van der Waals surface area contributed by atoms with Gasteiger partial charge in [0.1, 0.15) is 0 Å². The molecular weight excluding hydrogens is 216 g/mol. The van der Waals surface area contributed by atoms with Crippen molar-refractivity contribution in [1.82, 2.24) is 5.32 Å². The number of rotatable bonds is 5. The molecule has 0 aliphatic heterocycles. The molecule has 4 nitrogen and oxygen atoms in total. The topological polar surface area (TPSA) is 73.2 Å². The number of nitrogens with one attached hydrogen (secondary N) is 2. The predicted octanol–water partition coefficient (Wildman–Crippen LogP) is 2.10. The number of amidine groups is 1. The summed E-state index contributed by atoms with van der Waals surface area (Å²) in [5.41, 5.74) is 0. The third-order valence-corrected chi connectivity index (χ3v) is 4.38. The van der Waals surface area contributed by atoms with Crippen LogP contribution in [0.15, 0.2) is 0 Å². The summed E-state index contributed by atoms with van der Waals surface area (Å²) < 4.78 is 0. The molecule has 2 bridgehead atoms. The number of unbranched alkanes of at least 4 members (excludes halogenated alkanes) is 1. The second-order valence-electron chi connectivity index (χ2n) is 5.42. The quantitative estimate of drug-likeness (QED) is 0.390. The molecule has 96 valence electrons. The summed E-state index contributed by atoms with van der Waals surface area (Å²) in [6, 6.07) is 0. The summed E-state index contributed by atoms with van der Waals surface area (Å²) in [6.45, 7) is 2.92. The highest BCUT2D eigenvalue weighted by atomic mass is 16.4. The minimum absolute atomic E-state index is 0.0527. The third kappa shape index (κ3) is 2.31. The van der Waals surface area contributed by atoms with Gasteiger partial charge in [-0.05, 0) is 37.5 Å². The fraction of sp³-hybridized carbons (Fsp3) is 0.846. The maximum atomic E-state index is 11.3. The minimum Gasteiger partial charge on any atom is -0.481 e. The van der Waals surface area contributed by atoms with Gasteiger partial charge in [0.05, 0.1) is 11.8 Å². The smallest absolute Gasteiger partial charge is 0.307 e. The Balaban J connectivity index is 1.98. The molecule has 0 aromatic carbocycles. The Hall–Kier alpha value is -1.06. The van der Waals surface area contributed by atoms with Crippen molar-refractivity contribution in [3.63, 3.8) is 0 Å². The lowest BCUT2D eigenvalue weighted by Gasteiger charge is -2.28. The number of carboxylic acids is 1. The van der Waals surface area contributed by atoms with Crippen molar-refractivity contribution in [3.05, 3.63) is 0 Å². The van der Waals surface area contributed by atoms with E-state index in [0.29, 0.717) is 17.7 Å². The van der Waals surface area contributed by atoms with Crippen LogP contribution in [0.2, 0.25) is 0 Å². The van der Waals surface area contributed by atoms with Crippen LogP contribution in [-0.4, -0.2) is 23.5 Å². The summed E-state index contributed by atoms with van der Waals surface area (Å²) in [7, 11) is 0. The number of fused-ring (bicyclic) bond motifs is 2. The van der Waals surface area contributed by atoms with Crippen molar-refractivity contribution in [2.24, 2.45) is 23.7 Å². The highest BCUT2D eigenvalue weighted by Gasteiger charge is 2.52. The summed E-state index contributed by atoms with van der Waals surface area (Å²) >= 11 is 0. The minimum atomic E-state index is -0.704. The van der Waals surface area contributed by atoms with Gasteiger partial charge in [-0.2, -0.15) is 0 Å². The summed E-state index contributed by atoms with van der Waals surface area (Å²) in [5.74, 6) is 0.152. The van der Waals surface area contributed by atoms with Gasteiger partial charge in [0.25, 0.3) is 0 Å². The van der Waals surface area contributed by atoms with Crippen LogP contribution in [0.4, 0.5) is 0 Å². The average Bonchev–Trinajstić information content (AvgIpc) is 2.88. The molecule has 2 fully saturated rings. The second-order valence-corrected chi connectivity index (χ2v) is 5.42. The molecule has 0 aromatic rings. The van der Waals surface area contributed by atoms with Gasteiger partial charge in [-0.25, -0.2) is 0 Å². The van der Waals surface area contributed by atoms with Crippen molar-refractivity contribution >= 4 is 11.8 Å². The highest BCUT2D eigenvalue weighted by Crippen LogP contribution is 2.52. The van der Waals surface area contributed by atoms with E-state index in [9.17, 15) is 9.90 Å². The Morgan fingerprint density at radius 1 is 1.35 bits per heavy atom. The van der Waals surface area contributed by atoms with E-state index in [1.54, 1.807) is 0 Å². The first-order valence-corrected chi connectivity index (χ1v) is 6.70. The summed E-state index contributed by atoms with van der Waals surface area (Å²) in [5, 5.41) is 20.5. The molecule has 17 heavy (non-hydrogen) atoms. The lowest BCUT2D eigenvalue weighted by molar-refractivity contribution is -0.144. The molecule has 4 atom stereocenters. The molecule has 0 radical (unpaired) electrons. The number of hydrogen-bond acceptors (Lipinski definition) is 2. The molecule has 2 rings (SSSR count). The third-order valence-electron chi connectivity index (χ3n) is 4.38. The van der Waals surface area contributed by atoms with Crippen LogP contribution in [0.1, 0.15) is 39.0 Å². The SMILES string of the molecule is CCCCNC(=N)C1C2CCC(C2)C1C(=O)O. The van der Waals surface area contributed by atoms with E-state index in [1.807, 2.05) is 0 Å². The van der Waals surface area contributed by atoms with Gasteiger partial charge in [-0.15, -0.1) is 0 Å². The number of carbonyl (C=O) groups is 1. The Morgan fingerprint density at radius 2 is 2.00 bits per heavy atom. The first kappa shape index (κ1) is 12.4. The van der Waals surface area contributed by atoms with Crippen molar-refractivity contribution in [1.29, 1.82) is 5.41 Å². The molecule has 0 spiro atoms. The highest BCUT2D eigenvalue weighted by molar-refractivity contribution is 5.88. The normalized spacial score (nSPS) is 34.9. The van der Waals surface area contributed by atoms with Crippen LogP contribution in [-0.2, 0) is 4.79 Å². The van der Waals surface area contributed by atoms with Gasteiger partial charge < -0.3 is 10.4 Å². The lowest BCUT2D eigenvalue weighted by Crippen LogP contribution is -2.41. The number of carboxylic acid groups (broad SMARTS) is 1. The van der Waals surface area contributed by atoms with Gasteiger partial charge in [-0.3, -0.25) is 10.2 Å². The maximum Gasteiger partial charge on any atom is 0.307 e. The Labute approximate surface area is 102 Å². The van der Waals surface area contributed by atoms with Crippen LogP contribution in [0.25, 0.3) is 0 Å². The standard InChI is InChI=1S/C13H22N2O2/c1-2-3-6-15-12(14)10-8-4-5-9(7-8)11(10)13(16)17/h8-11H,2-7H2,1H3,(H2,14,15)(H,16,17). The van der Waals surface area contributed by atoms with Crippen LogP contribution < -0.4 is 5.32 Å². The van der Waals surface area contributed by atoms with Crippen LogP contribution in [0, 0.1) is 29.1 Å². The first-order chi connectivity index (χ1) is 8.15. The zero-order valence-corrected chi connectivity index (χ0v) is 10.4. The molecule has 3 N–H and O–H groups in total. The fourth-order valence-electron chi connectivity index (χ4n) is 3.58. The lowest BCUT2D eigenvalue weighted by atomic mass is 9.78. The summed E-state index contributed by atoms with van der Waals surface area (Å²) in [4.78, 5) is 11.3. The summed E-state index contributed by atoms with van der Waals surface area (Å²) in [6.07, 6.45) is 5.30. The molecule has 2 aliphatic carbocycles. The van der Waals surface area contributed by atoms with Crippen molar-refractivity contribution in [3.8, 4) is 0 Å². The molecular formula is C13H22N2O2. The molecule has 0 saturated heterocycles. The Bertz CT molecular complexity index is 317. The monoisotopic (exact) mass is 238 g/mol. The van der Waals surface area contributed by atoms with E-state index in [0.717, 1.165) is 38.6 Å². The van der Waals surface area contributed by atoms with Gasteiger partial charge in [0.15, 0.2) is 0 Å². The van der Waals surface area contributed by atoms with Crippen LogP contribution in [0.3, 0.4) is 0 Å². The van der Waals surface area contributed by atoms with E-state index in [2.05, 4.69) is 12.2 Å². The Morgan fingerprint density at radius 3 is 2.59 bits per heavy atom. The van der Waals surface area contributed by atoms with Crippen molar-refractivity contribution in [2.75, 3.05) is 6.54 Å². The molecule has 4 unspecified atom stereocenters. The van der Waals surface area contributed by atoms with Gasteiger partial charge in [-0.1, -0.05) is 13.3 Å². The van der Waals surface area contributed by atoms with Gasteiger partial charge in [0, 0.05) is 12.5 Å². The zero-order valence-electron chi connectivity index (χ0n) is 10.4. The molecule has 0 amide bonds. The number of aliphatic carboxylic acids is 1. The molecule has 2 saturated carbocycles. The second kappa shape index (κ2) is 5.07. The molecule has 4 heteroatoms. The molecule has 0 heterocycles. The largest absolute Gasteiger partial charge is 0.481 e. The first-order valence-electron chi connectivity index (χ1n) is 6.70. The van der Waals surface area contributed by atoms with Gasteiger partial charge in [0.2, 0.25) is 0 Å². The van der Waals surface area contributed by atoms with Crippen LogP contribution in [0.5, 0.6) is 0 Å². The maximum absolute atomic E-state index is 11.3. The van der Waals surface area contributed by atoms with E-state index in [-0.39, 0.29) is 11.8 Å². The molecule has 2 aliphatic rings. The Kier molecular flexibility index (Phi) is 3.69. The van der Waals surface area contributed by atoms with Gasteiger partial charge >= 0.3 is 5.97 Å². The van der Waals surface area contributed by atoms with E-state index in [1.165, 1.54) is 0 Å². The van der Waals surface area contributed by atoms with Crippen molar-refractivity contribution in [2.45, 2.75) is 39.0 Å². The van der Waals surface area contributed by atoms with E-state index in [4.69, 9.17) is 5.41 Å². The molecule has 0 aromatic heterocycles. The van der Waals surface area contributed by atoms with E-state index < -0.39 is 5.97 Å². The zero-order chi connectivity index (χ0) is 12.4. The predicted molar refractivity (Wildman–Crippen MR) is 66.1 cm³/mol. The van der Waals surface area contributed by atoms with Crippen molar-refractivity contribution < 1.29 is 9.90 Å². The fourth-order valence-corrected chi connectivity index (χ4v) is 3.58. The van der Waals surface area contributed by atoms with E-state index >= 15 is 0 Å². The van der Waals surface area contributed by atoms with Crippen LogP contribution >= 0.6 is 0 Å². The average molecular weight is 238 g/mol. The number of hydrogen-bond donors (Lipinski definition) is 3.